The van der Waals surface area contributed by atoms with E-state index in [2.05, 4.69) is 13.8 Å². The Bertz CT molecular complexity index is 388. The summed E-state index contributed by atoms with van der Waals surface area (Å²) in [5, 5.41) is 0. The van der Waals surface area contributed by atoms with Crippen molar-refractivity contribution in [3.8, 4) is 0 Å². The van der Waals surface area contributed by atoms with Crippen LogP contribution in [0.15, 0.2) is 24.5 Å². The normalized spacial score (nSPS) is 24.1. The Hall–Kier alpha value is -1.25. The Morgan fingerprint density at radius 3 is 2.62 bits per heavy atom. The summed E-state index contributed by atoms with van der Waals surface area (Å²) < 4.78 is 11.4. The second-order valence-corrected chi connectivity index (χ2v) is 7.26. The van der Waals surface area contributed by atoms with E-state index in [9.17, 15) is 4.79 Å². The molecule has 3 nitrogen and oxygen atoms in total. The molecule has 0 aromatic carbocycles. The number of carbonyl (C=O) groups is 1. The molecule has 120 valence electrons. The lowest BCUT2D eigenvalue weighted by atomic mass is 9.89. The molecule has 21 heavy (non-hydrogen) atoms. The molecule has 0 aliphatic carbocycles. The largest absolute Gasteiger partial charge is 0.498 e. The van der Waals surface area contributed by atoms with E-state index in [1.165, 1.54) is 0 Å². The highest BCUT2D eigenvalue weighted by atomic mass is 16.5. The van der Waals surface area contributed by atoms with Crippen LogP contribution in [0.1, 0.15) is 54.4 Å². The molecule has 0 N–H and O–H groups in total. The van der Waals surface area contributed by atoms with Gasteiger partial charge in [0, 0.05) is 5.92 Å². The van der Waals surface area contributed by atoms with E-state index in [4.69, 9.17) is 9.47 Å². The predicted molar refractivity (Wildman–Crippen MR) is 85.7 cm³/mol. The maximum Gasteiger partial charge on any atom is 0.311 e. The Labute approximate surface area is 129 Å². The first-order valence-electron chi connectivity index (χ1n) is 7.90. The van der Waals surface area contributed by atoms with Gasteiger partial charge in [-0.3, -0.25) is 4.79 Å². The summed E-state index contributed by atoms with van der Waals surface area (Å²) in [4.78, 5) is 12.1. The third kappa shape index (κ3) is 5.94. The standard InChI is InChI=1S/C18H30O3/c1-7-8-16(21-17(19)18(4,5)6)14-9-10-20-15(12-14)11-13(2)3/h7-10,13-16H,11-12H2,1-6H3/b8-7+/t14?,15-,16?/m1/s1. The first-order valence-corrected chi connectivity index (χ1v) is 7.90. The van der Waals surface area contributed by atoms with Gasteiger partial charge in [0.25, 0.3) is 0 Å². The van der Waals surface area contributed by atoms with Crippen LogP contribution in [0, 0.1) is 17.3 Å². The fourth-order valence-electron chi connectivity index (χ4n) is 2.38. The summed E-state index contributed by atoms with van der Waals surface area (Å²) in [5.74, 6) is 0.621. The molecule has 0 spiro atoms. The van der Waals surface area contributed by atoms with Crippen molar-refractivity contribution in [3.05, 3.63) is 24.5 Å². The second-order valence-electron chi connectivity index (χ2n) is 7.26. The molecule has 1 aliphatic rings. The number of hydrogen-bond donors (Lipinski definition) is 0. The van der Waals surface area contributed by atoms with Gasteiger partial charge in [-0.15, -0.1) is 0 Å². The van der Waals surface area contributed by atoms with E-state index in [0.29, 0.717) is 5.92 Å². The SMILES string of the molecule is C/C=C/C(OC(=O)C(C)(C)C)C1C=CO[C@H](CC(C)C)C1. The smallest absolute Gasteiger partial charge is 0.311 e. The summed E-state index contributed by atoms with van der Waals surface area (Å²) >= 11 is 0. The van der Waals surface area contributed by atoms with E-state index in [-0.39, 0.29) is 24.1 Å². The molecule has 1 heterocycles. The molecule has 3 atom stereocenters. The van der Waals surface area contributed by atoms with Crippen LogP contribution in [0.4, 0.5) is 0 Å². The van der Waals surface area contributed by atoms with Gasteiger partial charge in [0.05, 0.1) is 17.8 Å². The van der Waals surface area contributed by atoms with Gasteiger partial charge in [-0.2, -0.15) is 0 Å². The Morgan fingerprint density at radius 1 is 1.43 bits per heavy atom. The topological polar surface area (TPSA) is 35.5 Å². The highest BCUT2D eigenvalue weighted by Crippen LogP contribution is 2.28. The van der Waals surface area contributed by atoms with Gasteiger partial charge in [-0.05, 0) is 58.6 Å². The molecule has 0 fully saturated rings. The lowest BCUT2D eigenvalue weighted by Crippen LogP contribution is -2.34. The molecule has 0 aromatic heterocycles. The quantitative estimate of drug-likeness (QED) is 0.554. The molecule has 0 radical (unpaired) electrons. The summed E-state index contributed by atoms with van der Waals surface area (Å²) in [6, 6.07) is 0. The molecule has 3 heteroatoms. The fourth-order valence-corrected chi connectivity index (χ4v) is 2.38. The maximum atomic E-state index is 12.1. The lowest BCUT2D eigenvalue weighted by molar-refractivity contribution is -0.158. The van der Waals surface area contributed by atoms with Crippen LogP contribution in [0.5, 0.6) is 0 Å². The van der Waals surface area contributed by atoms with E-state index in [1.54, 1.807) is 6.26 Å². The lowest BCUT2D eigenvalue weighted by Gasteiger charge is -2.31. The molecule has 0 bridgehead atoms. The third-order valence-electron chi connectivity index (χ3n) is 3.53. The highest BCUT2D eigenvalue weighted by Gasteiger charge is 2.31. The highest BCUT2D eigenvalue weighted by molar-refractivity contribution is 5.75. The number of carbonyl (C=O) groups excluding carboxylic acids is 1. The van der Waals surface area contributed by atoms with Gasteiger partial charge >= 0.3 is 5.97 Å². The van der Waals surface area contributed by atoms with Crippen LogP contribution < -0.4 is 0 Å². The number of rotatable bonds is 5. The minimum absolute atomic E-state index is 0.161. The van der Waals surface area contributed by atoms with Gasteiger partial charge < -0.3 is 9.47 Å². The average molecular weight is 294 g/mol. The van der Waals surface area contributed by atoms with Crippen LogP contribution in [0.3, 0.4) is 0 Å². The number of ether oxygens (including phenoxy) is 2. The van der Waals surface area contributed by atoms with Gasteiger partial charge in [-0.25, -0.2) is 0 Å². The van der Waals surface area contributed by atoms with E-state index in [0.717, 1.165) is 12.8 Å². The second kappa shape index (κ2) is 7.67. The summed E-state index contributed by atoms with van der Waals surface area (Å²) in [6.07, 6.45) is 9.60. The zero-order valence-corrected chi connectivity index (χ0v) is 14.3. The number of hydrogen-bond acceptors (Lipinski definition) is 3. The van der Waals surface area contributed by atoms with Crippen molar-refractivity contribution >= 4 is 5.97 Å². The minimum atomic E-state index is -0.480. The molecule has 0 saturated heterocycles. The predicted octanol–water partition coefficient (Wildman–Crippen LogP) is 4.49. The van der Waals surface area contributed by atoms with Crippen molar-refractivity contribution in [3.63, 3.8) is 0 Å². The third-order valence-corrected chi connectivity index (χ3v) is 3.53. The molecule has 1 aliphatic heterocycles. The van der Waals surface area contributed by atoms with Crippen LogP contribution in [0.25, 0.3) is 0 Å². The Kier molecular flexibility index (Phi) is 6.50. The molecule has 1 rings (SSSR count). The zero-order chi connectivity index (χ0) is 16.0. The van der Waals surface area contributed by atoms with E-state index in [1.807, 2.05) is 45.9 Å². The van der Waals surface area contributed by atoms with Crippen LogP contribution in [-0.4, -0.2) is 18.2 Å². The fraction of sp³-hybridized carbons (Fsp3) is 0.722. The van der Waals surface area contributed by atoms with Crippen molar-refractivity contribution < 1.29 is 14.3 Å². The Morgan fingerprint density at radius 2 is 2.10 bits per heavy atom. The summed E-state index contributed by atoms with van der Waals surface area (Å²) in [5.41, 5.74) is -0.480. The first kappa shape index (κ1) is 17.8. The molecule has 2 unspecified atom stereocenters. The number of esters is 1. The van der Waals surface area contributed by atoms with Crippen molar-refractivity contribution in [2.75, 3.05) is 0 Å². The maximum absolute atomic E-state index is 12.1. The van der Waals surface area contributed by atoms with Crippen molar-refractivity contribution in [2.45, 2.75) is 66.6 Å². The van der Waals surface area contributed by atoms with Crippen LogP contribution >= 0.6 is 0 Å². The first-order chi connectivity index (χ1) is 9.74. The van der Waals surface area contributed by atoms with Crippen LogP contribution in [0.2, 0.25) is 0 Å². The van der Waals surface area contributed by atoms with E-state index >= 15 is 0 Å². The summed E-state index contributed by atoms with van der Waals surface area (Å²) in [6.45, 7) is 12.0. The molecule has 0 aromatic rings. The van der Waals surface area contributed by atoms with E-state index < -0.39 is 5.41 Å². The summed E-state index contributed by atoms with van der Waals surface area (Å²) in [7, 11) is 0. The Balaban J connectivity index is 2.74. The molecule has 0 amide bonds. The monoisotopic (exact) mass is 294 g/mol. The van der Waals surface area contributed by atoms with Gasteiger partial charge in [0.2, 0.25) is 0 Å². The van der Waals surface area contributed by atoms with Crippen molar-refractivity contribution in [1.29, 1.82) is 0 Å². The minimum Gasteiger partial charge on any atom is -0.498 e. The zero-order valence-electron chi connectivity index (χ0n) is 14.3. The molecular weight excluding hydrogens is 264 g/mol. The molecular formula is C18H30O3. The van der Waals surface area contributed by atoms with Gasteiger partial charge in [-0.1, -0.05) is 19.9 Å². The van der Waals surface area contributed by atoms with Crippen molar-refractivity contribution in [1.82, 2.24) is 0 Å². The van der Waals surface area contributed by atoms with Gasteiger partial charge in [0.15, 0.2) is 0 Å². The average Bonchev–Trinajstić information content (AvgIpc) is 2.36. The number of allylic oxidation sites excluding steroid dienone is 1. The molecule has 0 saturated carbocycles. The van der Waals surface area contributed by atoms with Crippen LogP contribution in [-0.2, 0) is 14.3 Å². The van der Waals surface area contributed by atoms with Gasteiger partial charge in [0.1, 0.15) is 6.10 Å². The van der Waals surface area contributed by atoms with Crippen molar-refractivity contribution in [2.24, 2.45) is 17.3 Å².